The van der Waals surface area contributed by atoms with Crippen molar-refractivity contribution in [2.75, 3.05) is 21.3 Å². The molecule has 112 valence electrons. The number of amides is 1. The van der Waals surface area contributed by atoms with Gasteiger partial charge in [0.15, 0.2) is 5.76 Å². The van der Waals surface area contributed by atoms with Crippen LogP contribution in [0.15, 0.2) is 40.8 Å². The van der Waals surface area contributed by atoms with E-state index in [1.54, 1.807) is 38.3 Å². The molecule has 0 bridgehead atoms. The number of ether oxygens (including phenoxy) is 2. The maximum atomic E-state index is 12.3. The standard InChI is InChI=1S/C16H19NO4/c1-17(10-12-5-4-6-13(9-12)20-3)16(18)15-8-7-14(21-15)11-19-2/h4-9H,10-11H2,1-3H3. The molecule has 1 amide bonds. The number of hydrogen-bond donors (Lipinski definition) is 0. The van der Waals surface area contributed by atoms with Crippen molar-refractivity contribution in [3.63, 3.8) is 0 Å². The van der Waals surface area contributed by atoms with Crippen LogP contribution >= 0.6 is 0 Å². The molecule has 2 rings (SSSR count). The Hall–Kier alpha value is -2.27. The second-order valence-corrected chi connectivity index (χ2v) is 4.71. The maximum Gasteiger partial charge on any atom is 0.289 e. The molecule has 0 atom stereocenters. The molecule has 5 heteroatoms. The molecule has 0 fully saturated rings. The van der Waals surface area contributed by atoms with E-state index in [0.717, 1.165) is 11.3 Å². The molecule has 1 heterocycles. The van der Waals surface area contributed by atoms with Gasteiger partial charge in [0.25, 0.3) is 5.91 Å². The minimum atomic E-state index is -0.167. The fourth-order valence-electron chi connectivity index (χ4n) is 2.02. The minimum absolute atomic E-state index is 0.167. The van der Waals surface area contributed by atoms with Crippen LogP contribution in [0.4, 0.5) is 0 Å². The normalized spacial score (nSPS) is 10.4. The summed E-state index contributed by atoms with van der Waals surface area (Å²) in [6, 6.07) is 11.0. The van der Waals surface area contributed by atoms with Gasteiger partial charge in [-0.2, -0.15) is 0 Å². The van der Waals surface area contributed by atoms with Gasteiger partial charge in [-0.3, -0.25) is 4.79 Å². The number of carbonyl (C=O) groups is 1. The summed E-state index contributed by atoms with van der Waals surface area (Å²) in [5, 5.41) is 0. The smallest absolute Gasteiger partial charge is 0.289 e. The van der Waals surface area contributed by atoms with Crippen LogP contribution in [0.5, 0.6) is 5.75 Å². The van der Waals surface area contributed by atoms with E-state index in [2.05, 4.69) is 0 Å². The molecule has 5 nitrogen and oxygen atoms in total. The minimum Gasteiger partial charge on any atom is -0.497 e. The Labute approximate surface area is 124 Å². The molecule has 0 saturated carbocycles. The van der Waals surface area contributed by atoms with Gasteiger partial charge >= 0.3 is 0 Å². The summed E-state index contributed by atoms with van der Waals surface area (Å²) in [5.74, 6) is 1.55. The van der Waals surface area contributed by atoms with Crippen molar-refractivity contribution in [1.29, 1.82) is 0 Å². The van der Waals surface area contributed by atoms with Crippen molar-refractivity contribution in [1.82, 2.24) is 4.90 Å². The van der Waals surface area contributed by atoms with E-state index in [1.807, 2.05) is 24.3 Å². The average Bonchev–Trinajstić information content (AvgIpc) is 2.95. The van der Waals surface area contributed by atoms with E-state index in [0.29, 0.717) is 24.7 Å². The fraction of sp³-hybridized carbons (Fsp3) is 0.312. The number of furan rings is 1. The number of rotatable bonds is 6. The highest BCUT2D eigenvalue weighted by Crippen LogP contribution is 2.16. The predicted octanol–water partition coefficient (Wildman–Crippen LogP) is 2.71. The topological polar surface area (TPSA) is 51.9 Å². The largest absolute Gasteiger partial charge is 0.497 e. The Bertz CT molecular complexity index is 606. The van der Waals surface area contributed by atoms with Gasteiger partial charge in [0, 0.05) is 20.7 Å². The lowest BCUT2D eigenvalue weighted by molar-refractivity contribution is 0.0745. The molecule has 2 aromatic rings. The van der Waals surface area contributed by atoms with Gasteiger partial charge in [-0.15, -0.1) is 0 Å². The van der Waals surface area contributed by atoms with Crippen LogP contribution in [0.3, 0.4) is 0 Å². The summed E-state index contributed by atoms with van der Waals surface area (Å²) < 4.78 is 15.6. The van der Waals surface area contributed by atoms with Gasteiger partial charge < -0.3 is 18.8 Å². The molecule has 0 spiro atoms. The zero-order valence-corrected chi connectivity index (χ0v) is 12.5. The number of benzene rings is 1. The quantitative estimate of drug-likeness (QED) is 0.820. The van der Waals surface area contributed by atoms with E-state index in [1.165, 1.54) is 0 Å². The van der Waals surface area contributed by atoms with Crippen molar-refractivity contribution in [3.8, 4) is 5.75 Å². The predicted molar refractivity (Wildman–Crippen MR) is 78.2 cm³/mol. The first-order valence-corrected chi connectivity index (χ1v) is 6.60. The van der Waals surface area contributed by atoms with Gasteiger partial charge in [-0.05, 0) is 29.8 Å². The summed E-state index contributed by atoms with van der Waals surface area (Å²) in [4.78, 5) is 13.9. The first kappa shape index (κ1) is 15.1. The third-order valence-electron chi connectivity index (χ3n) is 3.06. The lowest BCUT2D eigenvalue weighted by Crippen LogP contribution is -2.25. The van der Waals surface area contributed by atoms with Crippen LogP contribution in [0, 0.1) is 0 Å². The molecule has 1 aromatic heterocycles. The van der Waals surface area contributed by atoms with Gasteiger partial charge in [0.2, 0.25) is 0 Å². The molecule has 0 unspecified atom stereocenters. The van der Waals surface area contributed by atoms with E-state index >= 15 is 0 Å². The van der Waals surface area contributed by atoms with E-state index in [-0.39, 0.29) is 5.91 Å². The molecule has 0 radical (unpaired) electrons. The van der Waals surface area contributed by atoms with E-state index < -0.39 is 0 Å². The summed E-state index contributed by atoms with van der Waals surface area (Å²) in [7, 11) is 4.94. The molecule has 21 heavy (non-hydrogen) atoms. The van der Waals surface area contributed by atoms with Gasteiger partial charge in [0.1, 0.15) is 18.1 Å². The first-order chi connectivity index (χ1) is 10.1. The van der Waals surface area contributed by atoms with E-state index in [9.17, 15) is 4.79 Å². The highest BCUT2D eigenvalue weighted by molar-refractivity contribution is 5.91. The SMILES string of the molecule is COCc1ccc(C(=O)N(C)Cc2cccc(OC)c2)o1. The molecule has 0 saturated heterocycles. The van der Waals surface area contributed by atoms with Crippen LogP contribution in [0.2, 0.25) is 0 Å². The zero-order chi connectivity index (χ0) is 15.2. The summed E-state index contributed by atoms with van der Waals surface area (Å²) in [6.07, 6.45) is 0. The monoisotopic (exact) mass is 289 g/mol. The van der Waals surface area contributed by atoms with Crippen LogP contribution < -0.4 is 4.74 Å². The van der Waals surface area contributed by atoms with Crippen LogP contribution in [0.25, 0.3) is 0 Å². The summed E-state index contributed by atoms with van der Waals surface area (Å²) in [5.41, 5.74) is 0.994. The Balaban J connectivity index is 2.04. The zero-order valence-electron chi connectivity index (χ0n) is 12.5. The van der Waals surface area contributed by atoms with Gasteiger partial charge in [-0.25, -0.2) is 0 Å². The van der Waals surface area contributed by atoms with Crippen molar-refractivity contribution < 1.29 is 18.7 Å². The number of nitrogens with zero attached hydrogens (tertiary/aromatic N) is 1. The van der Waals surface area contributed by atoms with E-state index in [4.69, 9.17) is 13.9 Å². The van der Waals surface area contributed by atoms with Crippen LogP contribution in [0.1, 0.15) is 21.9 Å². The molecule has 0 aliphatic rings. The highest BCUT2D eigenvalue weighted by atomic mass is 16.5. The van der Waals surface area contributed by atoms with Crippen LogP contribution in [-0.2, 0) is 17.9 Å². The summed E-state index contributed by atoms with van der Waals surface area (Å²) >= 11 is 0. The van der Waals surface area contributed by atoms with Crippen molar-refractivity contribution in [2.45, 2.75) is 13.2 Å². The second kappa shape index (κ2) is 6.95. The Kier molecular flexibility index (Phi) is 5.00. The van der Waals surface area contributed by atoms with Crippen molar-refractivity contribution in [2.24, 2.45) is 0 Å². The fourth-order valence-corrected chi connectivity index (χ4v) is 2.02. The van der Waals surface area contributed by atoms with Gasteiger partial charge in [0.05, 0.1) is 7.11 Å². The lowest BCUT2D eigenvalue weighted by Gasteiger charge is -2.16. The van der Waals surface area contributed by atoms with Gasteiger partial charge in [-0.1, -0.05) is 12.1 Å². The maximum absolute atomic E-state index is 12.3. The molecule has 0 N–H and O–H groups in total. The number of carbonyl (C=O) groups excluding carboxylic acids is 1. The Morgan fingerprint density at radius 1 is 1.24 bits per heavy atom. The van der Waals surface area contributed by atoms with Crippen LogP contribution in [-0.4, -0.2) is 32.1 Å². The third kappa shape index (κ3) is 3.86. The second-order valence-electron chi connectivity index (χ2n) is 4.71. The molecule has 0 aliphatic carbocycles. The molecular formula is C16H19NO4. The highest BCUT2D eigenvalue weighted by Gasteiger charge is 2.16. The first-order valence-electron chi connectivity index (χ1n) is 6.60. The number of hydrogen-bond acceptors (Lipinski definition) is 4. The Morgan fingerprint density at radius 3 is 2.76 bits per heavy atom. The molecular weight excluding hydrogens is 270 g/mol. The number of methoxy groups -OCH3 is 2. The molecule has 1 aromatic carbocycles. The van der Waals surface area contributed by atoms with Crippen molar-refractivity contribution in [3.05, 3.63) is 53.5 Å². The van der Waals surface area contributed by atoms with Crippen molar-refractivity contribution >= 4 is 5.91 Å². The summed E-state index contributed by atoms with van der Waals surface area (Å²) in [6.45, 7) is 0.837. The molecule has 0 aliphatic heterocycles. The average molecular weight is 289 g/mol. The third-order valence-corrected chi connectivity index (χ3v) is 3.06. The lowest BCUT2D eigenvalue weighted by atomic mass is 10.2. The Morgan fingerprint density at radius 2 is 2.05 bits per heavy atom.